The summed E-state index contributed by atoms with van der Waals surface area (Å²) in [6.07, 6.45) is 7.78. The summed E-state index contributed by atoms with van der Waals surface area (Å²) in [6.45, 7) is 0. The van der Waals surface area contributed by atoms with Crippen molar-refractivity contribution in [1.82, 2.24) is 0 Å². The van der Waals surface area contributed by atoms with Crippen molar-refractivity contribution in [3.63, 3.8) is 0 Å². The summed E-state index contributed by atoms with van der Waals surface area (Å²) in [5.74, 6) is 0.711. The molecule has 1 aromatic rings. The molecule has 0 N–H and O–H groups in total. The van der Waals surface area contributed by atoms with Gasteiger partial charge in [-0.15, -0.1) is 0 Å². The molecule has 2 rings (SSSR count). The third-order valence-electron chi connectivity index (χ3n) is 3.60. The maximum atomic E-state index is 12.2. The van der Waals surface area contributed by atoms with Crippen LogP contribution in [0.3, 0.4) is 0 Å². The Bertz CT molecular complexity index is 361. The Morgan fingerprint density at radius 3 is 2.24 bits per heavy atom. The van der Waals surface area contributed by atoms with Crippen molar-refractivity contribution < 1.29 is 4.79 Å². The van der Waals surface area contributed by atoms with Crippen LogP contribution in [0.4, 0.5) is 0 Å². The third kappa shape index (κ3) is 3.85. The molecule has 17 heavy (non-hydrogen) atoms. The summed E-state index contributed by atoms with van der Waals surface area (Å²) in [5.41, 5.74) is 1.09. The second kappa shape index (κ2) is 6.20. The molecular formula is C15H19ClO. The SMILES string of the molecule is O=C(Cc1ccc(Cl)cc1)C1CCCCCC1. The Hall–Kier alpha value is -0.820. The highest BCUT2D eigenvalue weighted by Gasteiger charge is 2.19. The van der Waals surface area contributed by atoms with E-state index in [4.69, 9.17) is 11.6 Å². The van der Waals surface area contributed by atoms with Crippen LogP contribution in [0.15, 0.2) is 24.3 Å². The predicted molar refractivity (Wildman–Crippen MR) is 71.4 cm³/mol. The summed E-state index contributed by atoms with van der Waals surface area (Å²) >= 11 is 5.83. The van der Waals surface area contributed by atoms with E-state index in [1.807, 2.05) is 24.3 Å². The molecule has 0 unspecified atom stereocenters. The molecule has 1 nitrogen and oxygen atoms in total. The van der Waals surface area contributed by atoms with Gasteiger partial charge in [-0.05, 0) is 30.5 Å². The van der Waals surface area contributed by atoms with Gasteiger partial charge in [0.1, 0.15) is 5.78 Å². The lowest BCUT2D eigenvalue weighted by Crippen LogP contribution is -2.16. The fraction of sp³-hybridized carbons (Fsp3) is 0.533. The average Bonchev–Trinajstić information content (AvgIpc) is 2.61. The number of ketones is 1. The van der Waals surface area contributed by atoms with Crippen LogP contribution >= 0.6 is 11.6 Å². The van der Waals surface area contributed by atoms with Crippen molar-refractivity contribution >= 4 is 17.4 Å². The molecule has 0 heterocycles. The zero-order chi connectivity index (χ0) is 12.1. The van der Waals surface area contributed by atoms with Crippen molar-refractivity contribution in [3.05, 3.63) is 34.9 Å². The first-order chi connectivity index (χ1) is 8.25. The number of halogens is 1. The molecule has 1 aromatic carbocycles. The van der Waals surface area contributed by atoms with Crippen LogP contribution in [0.25, 0.3) is 0 Å². The van der Waals surface area contributed by atoms with Gasteiger partial charge in [-0.2, -0.15) is 0 Å². The standard InChI is InChI=1S/C15H19ClO/c16-14-9-7-12(8-10-14)11-15(17)13-5-3-1-2-4-6-13/h7-10,13H,1-6,11H2. The van der Waals surface area contributed by atoms with Gasteiger partial charge in [-0.25, -0.2) is 0 Å². The van der Waals surface area contributed by atoms with Gasteiger partial charge in [-0.3, -0.25) is 4.79 Å². The molecule has 0 spiro atoms. The van der Waals surface area contributed by atoms with E-state index in [-0.39, 0.29) is 0 Å². The van der Waals surface area contributed by atoms with Crippen LogP contribution in [0.5, 0.6) is 0 Å². The Morgan fingerprint density at radius 2 is 1.65 bits per heavy atom. The predicted octanol–water partition coefficient (Wildman–Crippen LogP) is 4.42. The largest absolute Gasteiger partial charge is 0.299 e. The van der Waals surface area contributed by atoms with Crippen LogP contribution in [0, 0.1) is 5.92 Å². The lowest BCUT2D eigenvalue weighted by molar-refractivity contribution is -0.122. The molecule has 2 heteroatoms. The summed E-state index contributed by atoms with van der Waals surface area (Å²) in [6, 6.07) is 7.63. The van der Waals surface area contributed by atoms with Crippen molar-refractivity contribution in [1.29, 1.82) is 0 Å². The maximum Gasteiger partial charge on any atom is 0.140 e. The van der Waals surface area contributed by atoms with Gasteiger partial charge in [0.15, 0.2) is 0 Å². The lowest BCUT2D eigenvalue weighted by Gasteiger charge is -2.12. The van der Waals surface area contributed by atoms with Crippen molar-refractivity contribution in [2.24, 2.45) is 5.92 Å². The molecule has 0 atom stereocenters. The Morgan fingerprint density at radius 1 is 1.06 bits per heavy atom. The number of carbonyl (C=O) groups excluding carboxylic acids is 1. The minimum atomic E-state index is 0.299. The van der Waals surface area contributed by atoms with Crippen LogP contribution in [-0.4, -0.2) is 5.78 Å². The molecule has 0 aliphatic heterocycles. The van der Waals surface area contributed by atoms with Gasteiger partial charge < -0.3 is 0 Å². The van der Waals surface area contributed by atoms with Gasteiger partial charge in [0.05, 0.1) is 0 Å². The van der Waals surface area contributed by atoms with Gasteiger partial charge in [0.25, 0.3) is 0 Å². The van der Waals surface area contributed by atoms with Gasteiger partial charge in [-0.1, -0.05) is 49.4 Å². The van der Waals surface area contributed by atoms with E-state index in [9.17, 15) is 4.79 Å². The molecule has 0 aromatic heterocycles. The van der Waals surface area contributed by atoms with Gasteiger partial charge in [0.2, 0.25) is 0 Å². The monoisotopic (exact) mass is 250 g/mol. The quantitative estimate of drug-likeness (QED) is 0.726. The van der Waals surface area contributed by atoms with Crippen LogP contribution < -0.4 is 0 Å². The topological polar surface area (TPSA) is 17.1 Å². The second-order valence-electron chi connectivity index (χ2n) is 4.96. The van der Waals surface area contributed by atoms with Crippen LogP contribution in [0.1, 0.15) is 44.1 Å². The van der Waals surface area contributed by atoms with E-state index < -0.39 is 0 Å². The molecule has 0 radical (unpaired) electrons. The number of benzene rings is 1. The van der Waals surface area contributed by atoms with Crippen molar-refractivity contribution in [2.45, 2.75) is 44.9 Å². The first-order valence-corrected chi connectivity index (χ1v) is 6.90. The molecule has 1 fully saturated rings. The summed E-state index contributed by atoms with van der Waals surface area (Å²) < 4.78 is 0. The van der Waals surface area contributed by atoms with E-state index in [0.29, 0.717) is 18.1 Å². The number of rotatable bonds is 3. The smallest absolute Gasteiger partial charge is 0.140 e. The highest BCUT2D eigenvalue weighted by atomic mass is 35.5. The average molecular weight is 251 g/mol. The fourth-order valence-corrected chi connectivity index (χ4v) is 2.68. The highest BCUT2D eigenvalue weighted by Crippen LogP contribution is 2.24. The van der Waals surface area contributed by atoms with E-state index in [2.05, 4.69) is 0 Å². The molecule has 92 valence electrons. The number of Topliss-reactive ketones (excluding diaryl/α,β-unsaturated/α-hetero) is 1. The van der Waals surface area contributed by atoms with E-state index in [0.717, 1.165) is 23.4 Å². The van der Waals surface area contributed by atoms with Crippen molar-refractivity contribution in [3.8, 4) is 0 Å². The number of hydrogen-bond acceptors (Lipinski definition) is 1. The summed E-state index contributed by atoms with van der Waals surface area (Å²) in [4.78, 5) is 12.2. The van der Waals surface area contributed by atoms with E-state index >= 15 is 0 Å². The summed E-state index contributed by atoms with van der Waals surface area (Å²) in [7, 11) is 0. The molecule has 0 bridgehead atoms. The minimum absolute atomic E-state index is 0.299. The Balaban J connectivity index is 1.93. The fourth-order valence-electron chi connectivity index (χ4n) is 2.55. The van der Waals surface area contributed by atoms with E-state index in [1.54, 1.807) is 0 Å². The number of carbonyl (C=O) groups is 1. The van der Waals surface area contributed by atoms with Crippen LogP contribution in [0.2, 0.25) is 5.02 Å². The molecule has 0 amide bonds. The molecule has 1 aliphatic rings. The molecular weight excluding hydrogens is 232 g/mol. The van der Waals surface area contributed by atoms with E-state index in [1.165, 1.54) is 25.7 Å². The molecule has 0 saturated heterocycles. The zero-order valence-electron chi connectivity index (χ0n) is 10.1. The first-order valence-electron chi connectivity index (χ1n) is 6.53. The van der Waals surface area contributed by atoms with Gasteiger partial charge in [0, 0.05) is 17.4 Å². The maximum absolute atomic E-state index is 12.2. The summed E-state index contributed by atoms with van der Waals surface area (Å²) in [5, 5.41) is 0.732. The Labute approximate surface area is 108 Å². The third-order valence-corrected chi connectivity index (χ3v) is 3.85. The zero-order valence-corrected chi connectivity index (χ0v) is 10.9. The first kappa shape index (κ1) is 12.6. The molecule has 1 saturated carbocycles. The highest BCUT2D eigenvalue weighted by molar-refractivity contribution is 6.30. The lowest BCUT2D eigenvalue weighted by atomic mass is 9.91. The minimum Gasteiger partial charge on any atom is -0.299 e. The Kier molecular flexibility index (Phi) is 4.61. The van der Waals surface area contributed by atoms with Crippen LogP contribution in [-0.2, 0) is 11.2 Å². The molecule has 1 aliphatic carbocycles. The van der Waals surface area contributed by atoms with Crippen molar-refractivity contribution in [2.75, 3.05) is 0 Å². The van der Waals surface area contributed by atoms with Gasteiger partial charge >= 0.3 is 0 Å². The second-order valence-corrected chi connectivity index (χ2v) is 5.39. The number of hydrogen-bond donors (Lipinski definition) is 0. The normalized spacial score (nSPS) is 17.7.